The molecule has 29 heavy (non-hydrogen) atoms. The zero-order valence-electron chi connectivity index (χ0n) is 16.9. The highest BCUT2D eigenvalue weighted by atomic mass is 16.5. The van der Waals surface area contributed by atoms with Crippen LogP contribution >= 0.6 is 0 Å². The number of benzene rings is 1. The van der Waals surface area contributed by atoms with E-state index in [1.165, 1.54) is 0 Å². The Labute approximate surface area is 171 Å². The van der Waals surface area contributed by atoms with Crippen molar-refractivity contribution in [3.63, 3.8) is 0 Å². The molecule has 0 saturated carbocycles. The summed E-state index contributed by atoms with van der Waals surface area (Å²) in [6.07, 6.45) is 3.45. The number of hydrogen-bond donors (Lipinski definition) is 2. The van der Waals surface area contributed by atoms with E-state index in [0.29, 0.717) is 25.3 Å². The van der Waals surface area contributed by atoms with E-state index in [-0.39, 0.29) is 5.91 Å². The lowest BCUT2D eigenvalue weighted by Gasteiger charge is -2.47. The van der Waals surface area contributed by atoms with Gasteiger partial charge >= 0.3 is 0 Å². The molecule has 2 N–H and O–H groups in total. The molecule has 1 fully saturated rings. The minimum absolute atomic E-state index is 0.00785. The van der Waals surface area contributed by atoms with Gasteiger partial charge in [-0.3, -0.25) is 14.8 Å². The second-order valence-electron chi connectivity index (χ2n) is 7.62. The standard InChI is InChI=1S/C22H27N5O2/c1-16-8-9-17(14-24-16)20(28)27-12-5-10-22(15-27)21(23-11-13-29-2)25-18-6-3-4-7-19(18)26-22/h3-4,6-9,14,26H,5,10-13,15H2,1-2H3,(H,23,25). The van der Waals surface area contributed by atoms with E-state index >= 15 is 0 Å². The molecule has 0 aliphatic carbocycles. The maximum Gasteiger partial charge on any atom is 0.255 e. The number of amidine groups is 1. The maximum absolute atomic E-state index is 13.1. The van der Waals surface area contributed by atoms with Gasteiger partial charge in [0.15, 0.2) is 0 Å². The van der Waals surface area contributed by atoms with Gasteiger partial charge in [-0.25, -0.2) is 0 Å². The predicted molar refractivity (Wildman–Crippen MR) is 115 cm³/mol. The second-order valence-corrected chi connectivity index (χ2v) is 7.62. The quantitative estimate of drug-likeness (QED) is 0.781. The molecule has 1 aromatic carbocycles. The summed E-state index contributed by atoms with van der Waals surface area (Å²) < 4.78 is 5.18. The van der Waals surface area contributed by atoms with Crippen molar-refractivity contribution in [3.8, 4) is 0 Å². The van der Waals surface area contributed by atoms with E-state index < -0.39 is 5.54 Å². The largest absolute Gasteiger partial charge is 0.383 e. The average molecular weight is 393 g/mol. The topological polar surface area (TPSA) is 78.9 Å². The molecule has 1 amide bonds. The number of ether oxygens (including phenoxy) is 1. The first-order valence-corrected chi connectivity index (χ1v) is 10.0. The fourth-order valence-electron chi connectivity index (χ4n) is 4.01. The van der Waals surface area contributed by atoms with Crippen LogP contribution in [0.1, 0.15) is 28.9 Å². The molecular weight excluding hydrogens is 366 g/mol. The molecule has 4 rings (SSSR count). The Kier molecular flexibility index (Phi) is 5.49. The highest BCUT2D eigenvalue weighted by Gasteiger charge is 2.44. The molecule has 2 aromatic rings. The van der Waals surface area contributed by atoms with Crippen molar-refractivity contribution in [1.29, 1.82) is 0 Å². The van der Waals surface area contributed by atoms with Gasteiger partial charge in [-0.15, -0.1) is 0 Å². The first-order valence-electron chi connectivity index (χ1n) is 10.0. The number of para-hydroxylation sites is 2. The fraction of sp³-hybridized carbons (Fsp3) is 0.409. The minimum Gasteiger partial charge on any atom is -0.383 e. The van der Waals surface area contributed by atoms with Gasteiger partial charge in [0.1, 0.15) is 11.4 Å². The van der Waals surface area contributed by atoms with Crippen LogP contribution in [0.15, 0.2) is 47.6 Å². The molecule has 1 saturated heterocycles. The van der Waals surface area contributed by atoms with Gasteiger partial charge in [-0.05, 0) is 44.0 Å². The van der Waals surface area contributed by atoms with Crippen LogP contribution in [0.4, 0.5) is 11.4 Å². The smallest absolute Gasteiger partial charge is 0.255 e. The van der Waals surface area contributed by atoms with Crippen LogP contribution in [0.5, 0.6) is 0 Å². The summed E-state index contributed by atoms with van der Waals surface area (Å²) in [6, 6.07) is 11.8. The molecule has 7 nitrogen and oxygen atoms in total. The summed E-state index contributed by atoms with van der Waals surface area (Å²) in [5.41, 5.74) is 3.12. The monoisotopic (exact) mass is 393 g/mol. The molecule has 3 heterocycles. The molecule has 1 atom stereocenters. The molecule has 2 aliphatic rings. The van der Waals surface area contributed by atoms with Crippen molar-refractivity contribution >= 4 is 23.1 Å². The third-order valence-electron chi connectivity index (χ3n) is 5.51. The van der Waals surface area contributed by atoms with Crippen molar-refractivity contribution in [2.24, 2.45) is 4.99 Å². The van der Waals surface area contributed by atoms with Crippen LogP contribution in [0.3, 0.4) is 0 Å². The van der Waals surface area contributed by atoms with Gasteiger partial charge in [0.05, 0.1) is 36.6 Å². The molecule has 1 spiro atoms. The number of carbonyl (C=O) groups is 1. The Balaban J connectivity index is 1.63. The Hall–Kier alpha value is -2.93. The van der Waals surface area contributed by atoms with Crippen molar-refractivity contribution < 1.29 is 9.53 Å². The number of aliphatic imine (C=N–C) groups is 1. The van der Waals surface area contributed by atoms with Gasteiger partial charge in [-0.1, -0.05) is 12.1 Å². The van der Waals surface area contributed by atoms with Crippen LogP contribution in [0, 0.1) is 6.92 Å². The Morgan fingerprint density at radius 3 is 2.86 bits per heavy atom. The number of fused-ring (bicyclic) bond motifs is 1. The summed E-state index contributed by atoms with van der Waals surface area (Å²) in [6.45, 7) is 4.32. The molecule has 2 aliphatic heterocycles. The number of carbonyl (C=O) groups excluding carboxylic acids is 1. The van der Waals surface area contributed by atoms with E-state index in [2.05, 4.69) is 21.7 Å². The molecule has 1 aromatic heterocycles. The summed E-state index contributed by atoms with van der Waals surface area (Å²) in [5.74, 6) is 0.876. The molecule has 152 valence electrons. The van der Waals surface area contributed by atoms with Crippen molar-refractivity contribution in [1.82, 2.24) is 9.88 Å². The number of piperidine rings is 1. The van der Waals surface area contributed by atoms with E-state index in [1.54, 1.807) is 13.3 Å². The molecule has 7 heteroatoms. The van der Waals surface area contributed by atoms with E-state index in [0.717, 1.165) is 42.3 Å². The van der Waals surface area contributed by atoms with Crippen molar-refractivity contribution in [3.05, 3.63) is 53.9 Å². The molecular formula is C22H27N5O2. The zero-order chi connectivity index (χ0) is 20.3. The Bertz CT molecular complexity index is 912. The van der Waals surface area contributed by atoms with Gasteiger partial charge in [0, 0.05) is 25.5 Å². The number of rotatable bonds is 4. The number of methoxy groups -OCH3 is 1. The van der Waals surface area contributed by atoms with Gasteiger partial charge in [-0.2, -0.15) is 0 Å². The number of aryl methyl sites for hydroxylation is 1. The lowest BCUT2D eigenvalue weighted by atomic mass is 9.85. The number of likely N-dealkylation sites (tertiary alicyclic amines) is 1. The maximum atomic E-state index is 13.1. The predicted octanol–water partition coefficient (Wildman–Crippen LogP) is 2.95. The van der Waals surface area contributed by atoms with Crippen LogP contribution < -0.4 is 10.6 Å². The number of pyridine rings is 1. The first-order chi connectivity index (χ1) is 14.1. The number of anilines is 2. The highest BCUT2D eigenvalue weighted by molar-refractivity contribution is 6.10. The fourth-order valence-corrected chi connectivity index (χ4v) is 4.01. The highest BCUT2D eigenvalue weighted by Crippen LogP contribution is 2.36. The third-order valence-corrected chi connectivity index (χ3v) is 5.51. The summed E-state index contributed by atoms with van der Waals surface area (Å²) in [5, 5.41) is 7.20. The van der Waals surface area contributed by atoms with Crippen molar-refractivity contribution in [2.75, 3.05) is 44.0 Å². The molecule has 0 bridgehead atoms. The summed E-state index contributed by atoms with van der Waals surface area (Å²) >= 11 is 0. The SMILES string of the molecule is COCCN=C1Nc2ccccc2NC12CCCN(C(=O)c1ccc(C)nc1)C2. The van der Waals surface area contributed by atoms with Crippen molar-refractivity contribution in [2.45, 2.75) is 25.3 Å². The number of hydrogen-bond acceptors (Lipinski definition) is 5. The minimum atomic E-state index is -0.436. The lowest BCUT2D eigenvalue weighted by molar-refractivity contribution is 0.0694. The van der Waals surface area contributed by atoms with Crippen LogP contribution in [-0.4, -0.2) is 60.5 Å². The van der Waals surface area contributed by atoms with E-state index in [1.807, 2.05) is 42.2 Å². The third kappa shape index (κ3) is 3.96. The van der Waals surface area contributed by atoms with E-state index in [9.17, 15) is 4.79 Å². The molecule has 1 unspecified atom stereocenters. The number of amides is 1. The van der Waals surface area contributed by atoms with Gasteiger partial charge in [0.2, 0.25) is 0 Å². The van der Waals surface area contributed by atoms with Crippen LogP contribution in [0.2, 0.25) is 0 Å². The Morgan fingerprint density at radius 2 is 2.10 bits per heavy atom. The number of aromatic nitrogens is 1. The molecule has 0 radical (unpaired) electrons. The van der Waals surface area contributed by atoms with Crippen LogP contribution in [0.25, 0.3) is 0 Å². The number of nitrogens with one attached hydrogen (secondary N) is 2. The second kappa shape index (κ2) is 8.21. The number of nitrogens with zero attached hydrogens (tertiary/aromatic N) is 3. The van der Waals surface area contributed by atoms with Gasteiger partial charge < -0.3 is 20.3 Å². The average Bonchev–Trinajstić information content (AvgIpc) is 2.74. The first kappa shape index (κ1) is 19.4. The Morgan fingerprint density at radius 1 is 1.28 bits per heavy atom. The zero-order valence-corrected chi connectivity index (χ0v) is 16.9. The normalized spacial score (nSPS) is 22.1. The lowest BCUT2D eigenvalue weighted by Crippen LogP contribution is -2.62. The summed E-state index contributed by atoms with van der Waals surface area (Å²) in [4.78, 5) is 24.1. The van der Waals surface area contributed by atoms with Gasteiger partial charge in [0.25, 0.3) is 5.91 Å². The van der Waals surface area contributed by atoms with Crippen LogP contribution in [-0.2, 0) is 4.74 Å². The summed E-state index contributed by atoms with van der Waals surface area (Å²) in [7, 11) is 1.68. The van der Waals surface area contributed by atoms with E-state index in [4.69, 9.17) is 9.73 Å².